The predicted molar refractivity (Wildman–Crippen MR) is 98.5 cm³/mol. The Morgan fingerprint density at radius 3 is 2.58 bits per heavy atom. The van der Waals surface area contributed by atoms with Crippen LogP contribution in [-0.4, -0.2) is 34.0 Å². The van der Waals surface area contributed by atoms with Crippen LogP contribution in [0.25, 0.3) is 0 Å². The number of likely N-dealkylation sites (tertiary alicyclic amines) is 1. The van der Waals surface area contributed by atoms with E-state index in [1.165, 1.54) is 5.01 Å². The van der Waals surface area contributed by atoms with Crippen LogP contribution in [0.2, 0.25) is 0 Å². The van der Waals surface area contributed by atoms with Crippen molar-refractivity contribution >= 4 is 23.2 Å². The van der Waals surface area contributed by atoms with Gasteiger partial charge in [0.15, 0.2) is 0 Å². The van der Waals surface area contributed by atoms with Crippen molar-refractivity contribution < 1.29 is 9.59 Å². The molecule has 1 saturated heterocycles. The topological polar surface area (TPSA) is 65.9 Å². The van der Waals surface area contributed by atoms with Gasteiger partial charge in [-0.25, -0.2) is 5.01 Å². The van der Waals surface area contributed by atoms with Gasteiger partial charge >= 0.3 is 0 Å². The molecule has 4 rings (SSSR count). The number of nitrogens with zero attached hydrogens (tertiary/aromatic N) is 4. The Balaban J connectivity index is 1.60. The molecule has 6 nitrogen and oxygen atoms in total. The molecule has 2 amide bonds. The smallest absolute Gasteiger partial charge is 0.270 e. The molecule has 0 radical (unpaired) electrons. The van der Waals surface area contributed by atoms with Gasteiger partial charge in [0.2, 0.25) is 5.91 Å². The van der Waals surface area contributed by atoms with Gasteiger partial charge in [0.1, 0.15) is 5.71 Å². The SMILES string of the molecule is O=C1CCC(C(=O)N2CCCC2c2ccncc2)=NN1c1ccccc1. The maximum atomic E-state index is 13.1. The van der Waals surface area contributed by atoms with E-state index < -0.39 is 0 Å². The summed E-state index contributed by atoms with van der Waals surface area (Å²) in [5.74, 6) is -0.155. The highest BCUT2D eigenvalue weighted by atomic mass is 16.2. The zero-order valence-corrected chi connectivity index (χ0v) is 14.4. The molecule has 3 heterocycles. The number of carbonyl (C=O) groups is 2. The van der Waals surface area contributed by atoms with Gasteiger partial charge in [0, 0.05) is 31.8 Å². The minimum Gasteiger partial charge on any atom is -0.330 e. The van der Waals surface area contributed by atoms with Crippen LogP contribution < -0.4 is 5.01 Å². The molecule has 0 bridgehead atoms. The normalized spacial score (nSPS) is 20.2. The second-order valence-corrected chi connectivity index (χ2v) is 6.52. The molecule has 1 aromatic carbocycles. The highest BCUT2D eigenvalue weighted by molar-refractivity contribution is 6.40. The molecule has 1 fully saturated rings. The summed E-state index contributed by atoms with van der Waals surface area (Å²) in [6.45, 7) is 0.712. The summed E-state index contributed by atoms with van der Waals surface area (Å²) in [6.07, 6.45) is 6.10. The summed E-state index contributed by atoms with van der Waals surface area (Å²) in [6, 6.07) is 13.2. The van der Waals surface area contributed by atoms with E-state index in [4.69, 9.17) is 0 Å². The van der Waals surface area contributed by atoms with Gasteiger partial charge < -0.3 is 4.90 Å². The molecule has 2 aromatic rings. The molecular formula is C20H20N4O2. The zero-order chi connectivity index (χ0) is 17.9. The Morgan fingerprint density at radius 1 is 1.04 bits per heavy atom. The number of hydrazone groups is 1. The molecule has 0 saturated carbocycles. The van der Waals surface area contributed by atoms with Crippen LogP contribution in [0.5, 0.6) is 0 Å². The van der Waals surface area contributed by atoms with Crippen LogP contribution in [0.4, 0.5) is 5.69 Å². The fourth-order valence-corrected chi connectivity index (χ4v) is 3.59. The first kappa shape index (κ1) is 16.4. The standard InChI is InChI=1S/C20H20N4O2/c25-19-9-8-17(22-24(19)16-5-2-1-3-6-16)20(26)23-14-4-7-18(23)15-10-12-21-13-11-15/h1-3,5-6,10-13,18H,4,7-9,14H2. The van der Waals surface area contributed by atoms with Crippen molar-refractivity contribution in [2.75, 3.05) is 11.6 Å². The molecule has 1 unspecified atom stereocenters. The summed E-state index contributed by atoms with van der Waals surface area (Å²) in [7, 11) is 0. The number of amides is 2. The van der Waals surface area contributed by atoms with Crippen LogP contribution in [0.1, 0.15) is 37.3 Å². The molecule has 1 aromatic heterocycles. The third-order valence-electron chi connectivity index (χ3n) is 4.88. The quantitative estimate of drug-likeness (QED) is 0.856. The Bertz CT molecular complexity index is 835. The molecule has 0 aliphatic carbocycles. The first-order valence-corrected chi connectivity index (χ1v) is 8.90. The number of benzene rings is 1. The van der Waals surface area contributed by atoms with Crippen LogP contribution in [0.15, 0.2) is 60.0 Å². The molecular weight excluding hydrogens is 328 g/mol. The average Bonchev–Trinajstić information content (AvgIpc) is 3.19. The first-order chi connectivity index (χ1) is 12.7. The molecule has 132 valence electrons. The number of aromatic nitrogens is 1. The molecule has 6 heteroatoms. The van der Waals surface area contributed by atoms with Crippen molar-refractivity contribution in [2.45, 2.75) is 31.7 Å². The lowest BCUT2D eigenvalue weighted by atomic mass is 10.0. The van der Waals surface area contributed by atoms with Crippen molar-refractivity contribution in [2.24, 2.45) is 5.10 Å². The Labute approximate surface area is 152 Å². The van der Waals surface area contributed by atoms with E-state index in [0.29, 0.717) is 30.8 Å². The largest absolute Gasteiger partial charge is 0.330 e. The van der Waals surface area contributed by atoms with Gasteiger partial charge in [0.25, 0.3) is 5.91 Å². The molecule has 2 aliphatic rings. The highest BCUT2D eigenvalue weighted by Gasteiger charge is 2.34. The summed E-state index contributed by atoms with van der Waals surface area (Å²) in [5.41, 5.74) is 2.24. The van der Waals surface area contributed by atoms with Crippen LogP contribution in [0, 0.1) is 0 Å². The minimum absolute atomic E-state index is 0.0519. The lowest BCUT2D eigenvalue weighted by molar-refractivity contribution is -0.125. The number of carbonyl (C=O) groups excluding carboxylic acids is 2. The number of anilines is 1. The molecule has 1 atom stereocenters. The van der Waals surface area contributed by atoms with Crippen molar-refractivity contribution in [3.05, 3.63) is 60.4 Å². The first-order valence-electron chi connectivity index (χ1n) is 8.90. The van der Waals surface area contributed by atoms with E-state index in [2.05, 4.69) is 10.1 Å². The number of pyridine rings is 1. The summed E-state index contributed by atoms with van der Waals surface area (Å²) >= 11 is 0. The summed E-state index contributed by atoms with van der Waals surface area (Å²) in [4.78, 5) is 31.3. The Hall–Kier alpha value is -3.02. The van der Waals surface area contributed by atoms with E-state index in [-0.39, 0.29) is 17.9 Å². The maximum Gasteiger partial charge on any atom is 0.270 e. The predicted octanol–water partition coefficient (Wildman–Crippen LogP) is 2.93. The third kappa shape index (κ3) is 3.10. The van der Waals surface area contributed by atoms with Crippen molar-refractivity contribution in [1.82, 2.24) is 9.88 Å². The lowest BCUT2D eigenvalue weighted by Crippen LogP contribution is -2.41. The van der Waals surface area contributed by atoms with Gasteiger partial charge in [-0.05, 0) is 42.7 Å². The summed E-state index contributed by atoms with van der Waals surface area (Å²) < 4.78 is 0. The van der Waals surface area contributed by atoms with Gasteiger partial charge in [-0.2, -0.15) is 5.10 Å². The number of rotatable bonds is 3. The minimum atomic E-state index is -0.0835. The second-order valence-electron chi connectivity index (χ2n) is 6.52. The number of hydrogen-bond acceptors (Lipinski definition) is 4. The average molecular weight is 348 g/mol. The lowest BCUT2D eigenvalue weighted by Gasteiger charge is -2.28. The van der Waals surface area contributed by atoms with E-state index >= 15 is 0 Å². The molecule has 0 N–H and O–H groups in total. The van der Waals surface area contributed by atoms with Crippen molar-refractivity contribution in [3.63, 3.8) is 0 Å². The molecule has 26 heavy (non-hydrogen) atoms. The van der Waals surface area contributed by atoms with Gasteiger partial charge in [-0.3, -0.25) is 14.6 Å². The van der Waals surface area contributed by atoms with Crippen molar-refractivity contribution in [3.8, 4) is 0 Å². The Morgan fingerprint density at radius 2 is 1.81 bits per heavy atom. The fourth-order valence-electron chi connectivity index (χ4n) is 3.59. The second kappa shape index (κ2) is 7.07. The van der Waals surface area contributed by atoms with Gasteiger partial charge in [-0.15, -0.1) is 0 Å². The maximum absolute atomic E-state index is 13.1. The van der Waals surface area contributed by atoms with Gasteiger partial charge in [0.05, 0.1) is 11.7 Å². The van der Waals surface area contributed by atoms with E-state index in [1.807, 2.05) is 47.4 Å². The fraction of sp³-hybridized carbons (Fsp3) is 0.300. The third-order valence-corrected chi connectivity index (χ3v) is 4.88. The van der Waals surface area contributed by atoms with Crippen LogP contribution >= 0.6 is 0 Å². The van der Waals surface area contributed by atoms with E-state index in [9.17, 15) is 9.59 Å². The summed E-state index contributed by atoms with van der Waals surface area (Å²) in [5, 5.41) is 5.76. The molecule has 2 aliphatic heterocycles. The van der Waals surface area contributed by atoms with Gasteiger partial charge in [-0.1, -0.05) is 18.2 Å². The van der Waals surface area contributed by atoms with Crippen molar-refractivity contribution in [1.29, 1.82) is 0 Å². The zero-order valence-electron chi connectivity index (χ0n) is 14.4. The number of para-hydroxylation sites is 1. The van der Waals surface area contributed by atoms with E-state index in [1.54, 1.807) is 12.4 Å². The monoisotopic (exact) mass is 348 g/mol. The van der Waals surface area contributed by atoms with Crippen LogP contribution in [-0.2, 0) is 9.59 Å². The van der Waals surface area contributed by atoms with Crippen LogP contribution in [0.3, 0.4) is 0 Å². The highest BCUT2D eigenvalue weighted by Crippen LogP contribution is 2.32. The van der Waals surface area contributed by atoms with E-state index in [0.717, 1.165) is 18.4 Å². The molecule has 0 spiro atoms. The number of hydrogen-bond donors (Lipinski definition) is 0. The Kier molecular flexibility index (Phi) is 4.48.